The largest absolute Gasteiger partial charge is 0.494 e. The summed E-state index contributed by atoms with van der Waals surface area (Å²) in [6.45, 7) is 3.26. The Kier molecular flexibility index (Phi) is 4.07. The monoisotopic (exact) mass is 247 g/mol. The van der Waals surface area contributed by atoms with Crippen molar-refractivity contribution in [1.29, 1.82) is 0 Å². The highest BCUT2D eigenvalue weighted by atomic mass is 16.5. The van der Waals surface area contributed by atoms with Crippen LogP contribution in [-0.2, 0) is 6.54 Å². The normalized spacial score (nSPS) is 15.6. The molecule has 0 unspecified atom stereocenters. The second-order valence-corrected chi connectivity index (χ2v) is 4.60. The number of nitrogens with zero attached hydrogens (tertiary/aromatic N) is 2. The number of guanidine groups is 1. The lowest BCUT2D eigenvalue weighted by Gasteiger charge is -2.16. The van der Waals surface area contributed by atoms with Crippen molar-refractivity contribution < 1.29 is 4.74 Å². The van der Waals surface area contributed by atoms with E-state index in [4.69, 9.17) is 10.5 Å². The first kappa shape index (κ1) is 12.7. The van der Waals surface area contributed by atoms with Crippen LogP contribution in [0.25, 0.3) is 0 Å². The number of ether oxygens (including phenoxy) is 1. The van der Waals surface area contributed by atoms with E-state index >= 15 is 0 Å². The molecule has 1 fully saturated rings. The summed E-state index contributed by atoms with van der Waals surface area (Å²) in [7, 11) is 2.01. The van der Waals surface area contributed by atoms with Gasteiger partial charge >= 0.3 is 0 Å². The molecule has 0 aromatic heterocycles. The Morgan fingerprint density at radius 1 is 1.50 bits per heavy atom. The number of aliphatic imine (C=N–C) groups is 1. The fourth-order valence-electron chi connectivity index (χ4n) is 1.83. The Labute approximate surface area is 108 Å². The third-order valence-electron chi connectivity index (χ3n) is 3.09. The van der Waals surface area contributed by atoms with E-state index in [0.29, 0.717) is 25.2 Å². The molecular weight excluding hydrogens is 226 g/mol. The number of rotatable bonds is 5. The van der Waals surface area contributed by atoms with Gasteiger partial charge in [-0.15, -0.1) is 0 Å². The lowest BCUT2D eigenvalue weighted by Crippen LogP contribution is -2.35. The zero-order valence-electron chi connectivity index (χ0n) is 11.1. The quantitative estimate of drug-likeness (QED) is 0.639. The van der Waals surface area contributed by atoms with Crippen molar-refractivity contribution in [2.45, 2.75) is 32.4 Å². The minimum Gasteiger partial charge on any atom is -0.494 e. The van der Waals surface area contributed by atoms with Gasteiger partial charge in [-0.25, -0.2) is 4.99 Å². The molecule has 0 radical (unpaired) electrons. The average Bonchev–Trinajstić information content (AvgIpc) is 3.20. The van der Waals surface area contributed by atoms with Crippen molar-refractivity contribution in [1.82, 2.24) is 4.90 Å². The summed E-state index contributed by atoms with van der Waals surface area (Å²) in [6, 6.07) is 8.59. The summed E-state index contributed by atoms with van der Waals surface area (Å²) >= 11 is 0. The van der Waals surface area contributed by atoms with Crippen LogP contribution in [0, 0.1) is 0 Å². The van der Waals surface area contributed by atoms with Crippen molar-refractivity contribution in [3.63, 3.8) is 0 Å². The van der Waals surface area contributed by atoms with E-state index in [1.165, 1.54) is 12.8 Å². The van der Waals surface area contributed by atoms with Crippen LogP contribution in [0.15, 0.2) is 29.3 Å². The number of hydrogen-bond acceptors (Lipinski definition) is 2. The van der Waals surface area contributed by atoms with Crippen LogP contribution in [0.4, 0.5) is 0 Å². The summed E-state index contributed by atoms with van der Waals surface area (Å²) in [6.07, 6.45) is 2.46. The van der Waals surface area contributed by atoms with Gasteiger partial charge in [-0.3, -0.25) is 0 Å². The van der Waals surface area contributed by atoms with Crippen LogP contribution in [0.1, 0.15) is 25.3 Å². The van der Waals surface area contributed by atoms with Gasteiger partial charge in [-0.05, 0) is 37.5 Å². The van der Waals surface area contributed by atoms with Crippen LogP contribution in [0.3, 0.4) is 0 Å². The van der Waals surface area contributed by atoms with Crippen molar-refractivity contribution in [2.24, 2.45) is 10.7 Å². The molecule has 4 heteroatoms. The molecule has 0 heterocycles. The Morgan fingerprint density at radius 2 is 2.28 bits per heavy atom. The van der Waals surface area contributed by atoms with Crippen molar-refractivity contribution in [3.8, 4) is 5.75 Å². The summed E-state index contributed by atoms with van der Waals surface area (Å²) < 4.78 is 5.46. The van der Waals surface area contributed by atoms with E-state index in [2.05, 4.69) is 9.89 Å². The minimum absolute atomic E-state index is 0.600. The lowest BCUT2D eigenvalue weighted by atomic mass is 10.2. The standard InChI is InChI=1S/C14H21N3O/c1-3-18-13-6-4-5-11(9-13)10-16-14(15)17(2)12-7-8-12/h4-6,9,12H,3,7-8,10H2,1-2H3,(H2,15,16). The summed E-state index contributed by atoms with van der Waals surface area (Å²) in [4.78, 5) is 6.48. The molecule has 0 spiro atoms. The Hall–Kier alpha value is -1.71. The molecule has 1 aliphatic rings. The summed E-state index contributed by atoms with van der Waals surface area (Å²) in [5.41, 5.74) is 7.07. The maximum Gasteiger partial charge on any atom is 0.191 e. The first-order valence-electron chi connectivity index (χ1n) is 6.45. The molecule has 0 aliphatic heterocycles. The molecule has 98 valence electrons. The van der Waals surface area contributed by atoms with Gasteiger partial charge in [-0.2, -0.15) is 0 Å². The predicted molar refractivity (Wildman–Crippen MR) is 73.7 cm³/mol. The molecule has 0 bridgehead atoms. The van der Waals surface area contributed by atoms with Crippen LogP contribution in [0.5, 0.6) is 5.75 Å². The molecule has 1 aromatic rings. The van der Waals surface area contributed by atoms with Gasteiger partial charge in [0.1, 0.15) is 5.75 Å². The van der Waals surface area contributed by atoms with Crippen LogP contribution < -0.4 is 10.5 Å². The van der Waals surface area contributed by atoms with Crippen molar-refractivity contribution >= 4 is 5.96 Å². The second-order valence-electron chi connectivity index (χ2n) is 4.60. The summed E-state index contributed by atoms with van der Waals surface area (Å²) in [5, 5.41) is 0. The van der Waals surface area contributed by atoms with E-state index in [1.54, 1.807) is 0 Å². The molecule has 4 nitrogen and oxygen atoms in total. The van der Waals surface area contributed by atoms with Gasteiger partial charge in [0.2, 0.25) is 0 Å². The van der Waals surface area contributed by atoms with Crippen LogP contribution >= 0.6 is 0 Å². The minimum atomic E-state index is 0.600. The number of hydrogen-bond donors (Lipinski definition) is 1. The smallest absolute Gasteiger partial charge is 0.191 e. The third-order valence-corrected chi connectivity index (χ3v) is 3.09. The predicted octanol–water partition coefficient (Wildman–Crippen LogP) is 1.99. The molecule has 0 amide bonds. The Morgan fingerprint density at radius 3 is 2.94 bits per heavy atom. The SMILES string of the molecule is CCOc1cccc(CN=C(N)N(C)C2CC2)c1. The van der Waals surface area contributed by atoms with Gasteiger partial charge in [-0.1, -0.05) is 12.1 Å². The molecule has 2 N–H and O–H groups in total. The zero-order chi connectivity index (χ0) is 13.0. The molecule has 18 heavy (non-hydrogen) atoms. The molecule has 2 rings (SSSR count). The highest BCUT2D eigenvalue weighted by Gasteiger charge is 2.27. The first-order chi connectivity index (χ1) is 8.70. The van der Waals surface area contributed by atoms with Crippen LogP contribution in [-0.4, -0.2) is 30.6 Å². The summed E-state index contributed by atoms with van der Waals surface area (Å²) in [5.74, 6) is 1.51. The molecule has 1 aliphatic carbocycles. The lowest BCUT2D eigenvalue weighted by molar-refractivity contribution is 0.340. The molecule has 1 aromatic carbocycles. The van der Waals surface area contributed by atoms with Gasteiger partial charge < -0.3 is 15.4 Å². The van der Waals surface area contributed by atoms with E-state index < -0.39 is 0 Å². The third kappa shape index (κ3) is 3.39. The first-order valence-corrected chi connectivity index (χ1v) is 6.45. The fourth-order valence-corrected chi connectivity index (χ4v) is 1.83. The molecule has 0 atom stereocenters. The van der Waals surface area contributed by atoms with Crippen LogP contribution in [0.2, 0.25) is 0 Å². The highest BCUT2D eigenvalue weighted by molar-refractivity contribution is 5.78. The Balaban J connectivity index is 1.95. The van der Waals surface area contributed by atoms with E-state index in [9.17, 15) is 0 Å². The topological polar surface area (TPSA) is 50.9 Å². The van der Waals surface area contributed by atoms with E-state index in [-0.39, 0.29) is 0 Å². The van der Waals surface area contributed by atoms with E-state index in [0.717, 1.165) is 11.3 Å². The molecule has 1 saturated carbocycles. The molecular formula is C14H21N3O. The maximum absolute atomic E-state index is 5.95. The maximum atomic E-state index is 5.95. The van der Waals surface area contributed by atoms with Gasteiger partial charge in [0, 0.05) is 13.1 Å². The number of benzene rings is 1. The second kappa shape index (κ2) is 5.76. The zero-order valence-corrected chi connectivity index (χ0v) is 11.1. The van der Waals surface area contributed by atoms with Crippen molar-refractivity contribution in [3.05, 3.63) is 29.8 Å². The molecule has 0 saturated heterocycles. The Bertz CT molecular complexity index is 427. The van der Waals surface area contributed by atoms with Crippen molar-refractivity contribution in [2.75, 3.05) is 13.7 Å². The average molecular weight is 247 g/mol. The van der Waals surface area contributed by atoms with Gasteiger partial charge in [0.25, 0.3) is 0 Å². The van der Waals surface area contributed by atoms with E-state index in [1.807, 2.05) is 38.2 Å². The fraction of sp³-hybridized carbons (Fsp3) is 0.500. The number of nitrogens with two attached hydrogens (primary N) is 1. The van der Waals surface area contributed by atoms with Gasteiger partial charge in [0.15, 0.2) is 5.96 Å². The van der Waals surface area contributed by atoms with Gasteiger partial charge in [0.05, 0.1) is 13.2 Å². The highest BCUT2D eigenvalue weighted by Crippen LogP contribution is 2.25.